The van der Waals surface area contributed by atoms with Crippen molar-refractivity contribution >= 4 is 44.4 Å². The van der Waals surface area contributed by atoms with Gasteiger partial charge < -0.3 is 9.47 Å². The molecule has 11 heteroatoms. The monoisotopic (exact) mass is 529 g/mol. The van der Waals surface area contributed by atoms with Crippen LogP contribution in [0.1, 0.15) is 32.6 Å². The van der Waals surface area contributed by atoms with Gasteiger partial charge in [0.1, 0.15) is 5.82 Å². The molecule has 3 aromatic rings. The molecule has 2 heterocycles. The summed E-state index contributed by atoms with van der Waals surface area (Å²) in [5.41, 5.74) is 1.88. The van der Waals surface area contributed by atoms with Gasteiger partial charge in [-0.3, -0.25) is 4.79 Å². The molecule has 190 valence electrons. The van der Waals surface area contributed by atoms with Crippen LogP contribution in [-0.4, -0.2) is 53.6 Å². The quantitative estimate of drug-likeness (QED) is 0.381. The lowest BCUT2D eigenvalue weighted by Crippen LogP contribution is -2.35. The normalized spacial score (nSPS) is 14.6. The number of carbonyl (C=O) groups is 1. The molecule has 0 aliphatic carbocycles. The van der Waals surface area contributed by atoms with Crippen molar-refractivity contribution in [1.82, 2.24) is 13.9 Å². The van der Waals surface area contributed by atoms with E-state index in [1.165, 1.54) is 45.2 Å². The van der Waals surface area contributed by atoms with E-state index in [0.717, 1.165) is 24.8 Å². The second-order valence-corrected chi connectivity index (χ2v) is 11.4. The maximum atomic E-state index is 13.4. The summed E-state index contributed by atoms with van der Waals surface area (Å²) in [5, 5.41) is 9.60. The van der Waals surface area contributed by atoms with Crippen molar-refractivity contribution in [1.29, 1.82) is 5.26 Å². The van der Waals surface area contributed by atoms with Gasteiger partial charge in [0.25, 0.3) is 0 Å². The molecule has 1 aliphatic rings. The van der Waals surface area contributed by atoms with Gasteiger partial charge in [0.05, 0.1) is 34.2 Å². The minimum atomic E-state index is -3.58. The number of amides is 1. The number of hydrogen-bond acceptors (Lipinski definition) is 6. The molecule has 0 bridgehead atoms. The molecule has 8 nitrogen and oxygen atoms in total. The summed E-state index contributed by atoms with van der Waals surface area (Å²) in [7, 11) is -3.58. The summed E-state index contributed by atoms with van der Waals surface area (Å²) < 4.78 is 43.1. The first-order valence-electron chi connectivity index (χ1n) is 11.9. The summed E-state index contributed by atoms with van der Waals surface area (Å²) >= 11 is 1.25. The third kappa shape index (κ3) is 5.56. The van der Waals surface area contributed by atoms with E-state index >= 15 is 0 Å². The van der Waals surface area contributed by atoms with E-state index in [2.05, 4.69) is 4.98 Å². The smallest absolute Gasteiger partial charge is 0.243 e. The van der Waals surface area contributed by atoms with Crippen molar-refractivity contribution in [3.05, 3.63) is 48.3 Å². The summed E-state index contributed by atoms with van der Waals surface area (Å²) in [4.78, 5) is 19.4. The molecule has 0 atom stereocenters. The zero-order valence-electron chi connectivity index (χ0n) is 20.1. The highest BCUT2D eigenvalue weighted by Crippen LogP contribution is 2.29. The van der Waals surface area contributed by atoms with Gasteiger partial charge in [-0.05, 0) is 62.2 Å². The van der Waals surface area contributed by atoms with Crippen molar-refractivity contribution in [2.45, 2.75) is 49.2 Å². The number of rotatable bonds is 9. The van der Waals surface area contributed by atoms with Crippen LogP contribution in [-0.2, 0) is 21.4 Å². The topological polar surface area (TPSA) is 99.3 Å². The van der Waals surface area contributed by atoms with Crippen LogP contribution in [0.5, 0.6) is 0 Å². The molecule has 0 spiro atoms. The number of thioether (sulfide) groups is 1. The van der Waals surface area contributed by atoms with Crippen LogP contribution in [0, 0.1) is 17.1 Å². The number of hydrogen-bond donors (Lipinski definition) is 0. The van der Waals surface area contributed by atoms with E-state index in [4.69, 9.17) is 5.26 Å². The molecular formula is C25H28FN5O3S2. The third-order valence-corrected chi connectivity index (χ3v) is 9.02. The van der Waals surface area contributed by atoms with Gasteiger partial charge in [0, 0.05) is 31.9 Å². The number of nitriles is 1. The third-order valence-electron chi connectivity index (χ3n) is 6.17. The lowest BCUT2D eigenvalue weighted by Gasteiger charge is -2.25. The Labute approximate surface area is 214 Å². The Morgan fingerprint density at radius 1 is 1.17 bits per heavy atom. The second kappa shape index (κ2) is 11.4. The number of halogens is 1. The lowest BCUT2D eigenvalue weighted by atomic mass is 10.2. The first-order valence-corrected chi connectivity index (χ1v) is 14.3. The van der Waals surface area contributed by atoms with E-state index < -0.39 is 15.8 Å². The van der Waals surface area contributed by atoms with E-state index in [0.29, 0.717) is 36.0 Å². The number of imidazole rings is 1. The first kappa shape index (κ1) is 26.1. The number of carbonyl (C=O) groups excluding carboxylic acids is 1. The van der Waals surface area contributed by atoms with Crippen molar-refractivity contribution in [3.63, 3.8) is 0 Å². The van der Waals surface area contributed by atoms with Crippen molar-refractivity contribution < 1.29 is 17.6 Å². The van der Waals surface area contributed by atoms with E-state index in [-0.39, 0.29) is 29.5 Å². The van der Waals surface area contributed by atoms with Crippen LogP contribution in [0.25, 0.3) is 11.0 Å². The fourth-order valence-electron chi connectivity index (χ4n) is 4.30. The number of nitrogens with zero attached hydrogens (tertiary/aromatic N) is 5. The standard InChI is InChI=1S/C25H28FN5O3S2/c1-2-30-23-12-11-21(36(33,34)29-14-4-3-5-15-29)17-22(23)28-25(30)35-18-24(32)31(16-6-13-27)20-9-7-19(26)8-10-20/h7-12,17H,2-6,14-16,18H2,1H3. The number of anilines is 1. The minimum Gasteiger partial charge on any atom is -0.319 e. The molecule has 36 heavy (non-hydrogen) atoms. The minimum absolute atomic E-state index is 0.0606. The Hall–Kier alpha value is -2.94. The summed E-state index contributed by atoms with van der Waals surface area (Å²) in [6, 6.07) is 12.6. The van der Waals surface area contributed by atoms with Crippen LogP contribution in [0.4, 0.5) is 10.1 Å². The number of sulfonamides is 1. The molecule has 0 N–H and O–H groups in total. The van der Waals surface area contributed by atoms with Crippen LogP contribution >= 0.6 is 11.8 Å². The van der Waals surface area contributed by atoms with E-state index in [9.17, 15) is 17.6 Å². The van der Waals surface area contributed by atoms with Gasteiger partial charge in [0.15, 0.2) is 5.16 Å². The molecule has 0 saturated carbocycles. The van der Waals surface area contributed by atoms with Crippen LogP contribution in [0.15, 0.2) is 52.5 Å². The molecule has 0 radical (unpaired) electrons. The zero-order valence-corrected chi connectivity index (χ0v) is 21.7. The predicted molar refractivity (Wildman–Crippen MR) is 138 cm³/mol. The summed E-state index contributed by atoms with van der Waals surface area (Å²) in [5.74, 6) is -0.575. The Bertz CT molecular complexity index is 1380. The van der Waals surface area contributed by atoms with Gasteiger partial charge in [-0.15, -0.1) is 0 Å². The van der Waals surface area contributed by atoms with E-state index in [1.54, 1.807) is 18.2 Å². The average molecular weight is 530 g/mol. The lowest BCUT2D eigenvalue weighted by molar-refractivity contribution is -0.116. The average Bonchev–Trinajstić information content (AvgIpc) is 3.26. The molecular weight excluding hydrogens is 501 g/mol. The zero-order chi connectivity index (χ0) is 25.7. The van der Waals surface area contributed by atoms with Gasteiger partial charge in [-0.1, -0.05) is 18.2 Å². The Kier molecular flexibility index (Phi) is 8.28. The van der Waals surface area contributed by atoms with Crippen LogP contribution in [0.3, 0.4) is 0 Å². The van der Waals surface area contributed by atoms with Crippen LogP contribution in [0.2, 0.25) is 0 Å². The number of fused-ring (bicyclic) bond motifs is 1. The SMILES string of the molecule is CCn1c(SCC(=O)N(CCC#N)c2ccc(F)cc2)nc2cc(S(=O)(=O)N3CCCCC3)ccc21. The number of benzene rings is 2. The molecule has 4 rings (SSSR count). The maximum absolute atomic E-state index is 13.4. The highest BCUT2D eigenvalue weighted by molar-refractivity contribution is 7.99. The van der Waals surface area contributed by atoms with Crippen molar-refractivity contribution in [3.8, 4) is 6.07 Å². The Morgan fingerprint density at radius 3 is 2.56 bits per heavy atom. The van der Waals surface area contributed by atoms with Gasteiger partial charge in [-0.2, -0.15) is 9.57 Å². The van der Waals surface area contributed by atoms with Crippen molar-refractivity contribution in [2.24, 2.45) is 0 Å². The van der Waals surface area contributed by atoms with Crippen molar-refractivity contribution in [2.75, 3.05) is 30.3 Å². The highest BCUT2D eigenvalue weighted by Gasteiger charge is 2.27. The largest absolute Gasteiger partial charge is 0.319 e. The highest BCUT2D eigenvalue weighted by atomic mass is 32.2. The van der Waals surface area contributed by atoms with Crippen LogP contribution < -0.4 is 4.90 Å². The fraction of sp³-hybridized carbons (Fsp3) is 0.400. The molecule has 2 aromatic carbocycles. The molecule has 1 aromatic heterocycles. The maximum Gasteiger partial charge on any atom is 0.243 e. The van der Waals surface area contributed by atoms with Gasteiger partial charge in [-0.25, -0.2) is 17.8 Å². The summed E-state index contributed by atoms with van der Waals surface area (Å²) in [6.07, 6.45) is 2.92. The molecule has 0 unspecified atom stereocenters. The van der Waals surface area contributed by atoms with Gasteiger partial charge in [0.2, 0.25) is 15.9 Å². The molecule has 1 fully saturated rings. The van der Waals surface area contributed by atoms with Gasteiger partial charge >= 0.3 is 0 Å². The molecule has 1 amide bonds. The van der Waals surface area contributed by atoms with E-state index in [1.807, 2.05) is 17.6 Å². The number of aromatic nitrogens is 2. The number of aryl methyl sites for hydroxylation is 1. The number of piperidine rings is 1. The first-order chi connectivity index (χ1) is 17.3. The fourth-order valence-corrected chi connectivity index (χ4v) is 6.80. The molecule has 1 saturated heterocycles. The Morgan fingerprint density at radius 2 is 1.89 bits per heavy atom. The predicted octanol–water partition coefficient (Wildman–Crippen LogP) is 4.41. The second-order valence-electron chi connectivity index (χ2n) is 8.47. The summed E-state index contributed by atoms with van der Waals surface area (Å²) in [6.45, 7) is 3.82. The Balaban J connectivity index is 1.56. The molecule has 1 aliphatic heterocycles.